The van der Waals surface area contributed by atoms with Gasteiger partial charge < -0.3 is 4.90 Å². The van der Waals surface area contributed by atoms with Crippen molar-refractivity contribution in [3.63, 3.8) is 0 Å². The third-order valence-electron chi connectivity index (χ3n) is 2.92. The van der Waals surface area contributed by atoms with Crippen molar-refractivity contribution in [1.82, 2.24) is 15.0 Å². The lowest BCUT2D eigenvalue weighted by atomic mass is 10.2. The van der Waals surface area contributed by atoms with E-state index in [2.05, 4.69) is 15.0 Å². The molecule has 0 aliphatic rings. The van der Waals surface area contributed by atoms with Crippen LogP contribution in [0.25, 0.3) is 11.4 Å². The average Bonchev–Trinajstić information content (AvgIpc) is 2.45. The molecule has 1 aromatic carbocycles. The molecule has 0 fully saturated rings. The third kappa shape index (κ3) is 3.07. The molecule has 21 heavy (non-hydrogen) atoms. The van der Waals surface area contributed by atoms with Gasteiger partial charge in [0.05, 0.1) is 5.56 Å². The zero-order valence-electron chi connectivity index (χ0n) is 11.4. The highest BCUT2D eigenvalue weighted by Gasteiger charge is 2.19. The van der Waals surface area contributed by atoms with Crippen LogP contribution in [0.1, 0.15) is 13.8 Å². The highest BCUT2D eigenvalue weighted by Crippen LogP contribution is 2.25. The summed E-state index contributed by atoms with van der Waals surface area (Å²) in [5.74, 6) is -4.11. The molecular formula is C13H12ClF3N4. The minimum atomic E-state index is -1.58. The van der Waals surface area contributed by atoms with E-state index >= 15 is 0 Å². The fourth-order valence-corrected chi connectivity index (χ4v) is 1.96. The van der Waals surface area contributed by atoms with E-state index in [1.807, 2.05) is 13.8 Å². The topological polar surface area (TPSA) is 41.9 Å². The van der Waals surface area contributed by atoms with Crippen LogP contribution in [0.4, 0.5) is 19.1 Å². The van der Waals surface area contributed by atoms with Crippen molar-refractivity contribution in [2.45, 2.75) is 13.8 Å². The molecule has 2 rings (SSSR count). The predicted octanol–water partition coefficient (Wildman–Crippen LogP) is 3.46. The first-order valence-corrected chi connectivity index (χ1v) is 6.66. The summed E-state index contributed by atoms with van der Waals surface area (Å²) in [6.07, 6.45) is 0. The molecule has 0 bridgehead atoms. The Morgan fingerprint density at radius 2 is 1.67 bits per heavy atom. The molecule has 8 heteroatoms. The van der Waals surface area contributed by atoms with Gasteiger partial charge in [-0.25, -0.2) is 13.2 Å². The van der Waals surface area contributed by atoms with Crippen molar-refractivity contribution >= 4 is 17.5 Å². The first-order valence-electron chi connectivity index (χ1n) is 6.28. The standard InChI is InChI=1S/C13H12ClF3N4/c1-3-21(4-2)13-19-11(18-12(14)20-13)7-5-6-8(15)10(17)9(7)16/h5-6H,3-4H2,1-2H3. The summed E-state index contributed by atoms with van der Waals surface area (Å²) in [5.41, 5.74) is -0.272. The molecule has 0 N–H and O–H groups in total. The molecule has 0 amide bonds. The molecular weight excluding hydrogens is 305 g/mol. The number of rotatable bonds is 4. The number of hydrogen-bond acceptors (Lipinski definition) is 4. The Hall–Kier alpha value is -1.89. The third-order valence-corrected chi connectivity index (χ3v) is 3.09. The van der Waals surface area contributed by atoms with Gasteiger partial charge in [0.15, 0.2) is 23.3 Å². The van der Waals surface area contributed by atoms with E-state index in [9.17, 15) is 13.2 Å². The lowest BCUT2D eigenvalue weighted by molar-refractivity contribution is 0.448. The summed E-state index contributed by atoms with van der Waals surface area (Å²) >= 11 is 5.80. The largest absolute Gasteiger partial charge is 0.341 e. The van der Waals surface area contributed by atoms with Crippen molar-refractivity contribution in [3.8, 4) is 11.4 Å². The second-order valence-corrected chi connectivity index (χ2v) is 4.46. The van der Waals surface area contributed by atoms with E-state index in [-0.39, 0.29) is 22.6 Å². The van der Waals surface area contributed by atoms with Crippen molar-refractivity contribution in [2.24, 2.45) is 0 Å². The van der Waals surface area contributed by atoms with Gasteiger partial charge in [-0.05, 0) is 37.6 Å². The van der Waals surface area contributed by atoms with Gasteiger partial charge in [-0.1, -0.05) is 0 Å². The molecule has 0 spiro atoms. The van der Waals surface area contributed by atoms with Crippen LogP contribution in [-0.4, -0.2) is 28.0 Å². The van der Waals surface area contributed by atoms with Gasteiger partial charge in [-0.15, -0.1) is 0 Å². The maximum absolute atomic E-state index is 13.8. The Morgan fingerprint density at radius 3 is 2.29 bits per heavy atom. The molecule has 0 unspecified atom stereocenters. The molecule has 0 radical (unpaired) electrons. The highest BCUT2D eigenvalue weighted by molar-refractivity contribution is 6.28. The molecule has 1 heterocycles. The van der Waals surface area contributed by atoms with Gasteiger partial charge >= 0.3 is 0 Å². The van der Waals surface area contributed by atoms with Crippen molar-refractivity contribution in [3.05, 3.63) is 34.9 Å². The van der Waals surface area contributed by atoms with Gasteiger partial charge in [-0.2, -0.15) is 15.0 Å². The predicted molar refractivity (Wildman–Crippen MR) is 73.7 cm³/mol. The van der Waals surface area contributed by atoms with E-state index in [0.29, 0.717) is 13.1 Å². The molecule has 0 aliphatic heterocycles. The average molecular weight is 317 g/mol. The molecule has 112 valence electrons. The Morgan fingerprint density at radius 1 is 1.00 bits per heavy atom. The van der Waals surface area contributed by atoms with Gasteiger partial charge in [0, 0.05) is 13.1 Å². The summed E-state index contributed by atoms with van der Waals surface area (Å²) in [7, 11) is 0. The van der Waals surface area contributed by atoms with Crippen LogP contribution in [-0.2, 0) is 0 Å². The maximum Gasteiger partial charge on any atom is 0.230 e. The smallest absolute Gasteiger partial charge is 0.230 e. The van der Waals surface area contributed by atoms with Crippen LogP contribution in [0, 0.1) is 17.5 Å². The van der Waals surface area contributed by atoms with Crippen molar-refractivity contribution < 1.29 is 13.2 Å². The van der Waals surface area contributed by atoms with Gasteiger partial charge in [0.25, 0.3) is 0 Å². The zero-order chi connectivity index (χ0) is 15.6. The molecule has 0 saturated heterocycles. The van der Waals surface area contributed by atoms with Gasteiger partial charge in [0.2, 0.25) is 11.2 Å². The first-order chi connectivity index (χ1) is 9.97. The SMILES string of the molecule is CCN(CC)c1nc(Cl)nc(-c2ccc(F)c(F)c2F)n1. The maximum atomic E-state index is 13.8. The Bertz CT molecular complexity index is 662. The summed E-state index contributed by atoms with van der Waals surface area (Å²) in [6, 6.07) is 1.87. The summed E-state index contributed by atoms with van der Waals surface area (Å²) in [4.78, 5) is 13.6. The van der Waals surface area contributed by atoms with Crippen LogP contribution in [0.2, 0.25) is 5.28 Å². The number of benzene rings is 1. The van der Waals surface area contributed by atoms with Gasteiger partial charge in [-0.3, -0.25) is 0 Å². The second kappa shape index (κ2) is 6.26. The van der Waals surface area contributed by atoms with Crippen LogP contribution in [0.3, 0.4) is 0 Å². The zero-order valence-corrected chi connectivity index (χ0v) is 12.1. The minimum Gasteiger partial charge on any atom is -0.341 e. The summed E-state index contributed by atoms with van der Waals surface area (Å²) < 4.78 is 40.1. The monoisotopic (exact) mass is 316 g/mol. The van der Waals surface area contributed by atoms with Crippen molar-refractivity contribution in [2.75, 3.05) is 18.0 Å². The molecule has 0 saturated carbocycles. The van der Waals surface area contributed by atoms with Crippen LogP contribution in [0.15, 0.2) is 12.1 Å². The van der Waals surface area contributed by atoms with E-state index in [1.54, 1.807) is 4.90 Å². The minimum absolute atomic E-state index is 0.145. The molecule has 0 atom stereocenters. The molecule has 4 nitrogen and oxygen atoms in total. The first kappa shape index (κ1) is 15.5. The van der Waals surface area contributed by atoms with E-state index in [0.717, 1.165) is 12.1 Å². The van der Waals surface area contributed by atoms with Crippen LogP contribution >= 0.6 is 11.6 Å². The van der Waals surface area contributed by atoms with E-state index in [1.165, 1.54) is 0 Å². The van der Waals surface area contributed by atoms with Crippen LogP contribution in [0.5, 0.6) is 0 Å². The fraction of sp³-hybridized carbons (Fsp3) is 0.308. The van der Waals surface area contributed by atoms with Crippen molar-refractivity contribution in [1.29, 1.82) is 0 Å². The second-order valence-electron chi connectivity index (χ2n) is 4.12. The fourth-order valence-electron chi connectivity index (χ4n) is 1.81. The lowest BCUT2D eigenvalue weighted by Gasteiger charge is -2.18. The highest BCUT2D eigenvalue weighted by atomic mass is 35.5. The molecule has 1 aromatic heterocycles. The summed E-state index contributed by atoms with van der Waals surface area (Å²) in [5, 5.41) is -0.147. The van der Waals surface area contributed by atoms with E-state index in [4.69, 9.17) is 11.6 Å². The van der Waals surface area contributed by atoms with E-state index < -0.39 is 17.5 Å². The molecule has 0 aliphatic carbocycles. The molecule has 2 aromatic rings. The number of aromatic nitrogens is 3. The normalized spacial score (nSPS) is 10.8. The number of hydrogen-bond donors (Lipinski definition) is 0. The van der Waals surface area contributed by atoms with Crippen LogP contribution < -0.4 is 4.90 Å². The Labute approximate surface area is 124 Å². The lowest BCUT2D eigenvalue weighted by Crippen LogP contribution is -2.24. The Kier molecular flexibility index (Phi) is 4.62. The number of halogens is 4. The van der Waals surface area contributed by atoms with Gasteiger partial charge in [0.1, 0.15) is 0 Å². The number of nitrogens with zero attached hydrogens (tertiary/aromatic N) is 4. The number of anilines is 1. The summed E-state index contributed by atoms with van der Waals surface area (Å²) in [6.45, 7) is 4.99. The Balaban J connectivity index is 2.57. The quantitative estimate of drug-likeness (QED) is 0.810.